The molecular formula is C22H23ClN2O3. The molecule has 1 heterocycles. The van der Waals surface area contributed by atoms with Crippen LogP contribution in [-0.2, 0) is 9.59 Å². The molecular weight excluding hydrogens is 376 g/mol. The number of amides is 1. The van der Waals surface area contributed by atoms with Crippen LogP contribution in [0.15, 0.2) is 30.6 Å². The lowest BCUT2D eigenvalue weighted by molar-refractivity contribution is -0.124. The molecule has 1 aromatic carbocycles. The number of nitrogens with one attached hydrogen (secondary N) is 1. The number of rotatable bonds is 5. The molecule has 2 aromatic rings. The molecule has 2 unspecified atom stereocenters. The Labute approximate surface area is 169 Å². The Morgan fingerprint density at radius 2 is 1.82 bits per heavy atom. The maximum Gasteiger partial charge on any atom is 0.252 e. The highest BCUT2D eigenvalue weighted by Gasteiger charge is 2.42. The smallest absolute Gasteiger partial charge is 0.252 e. The third-order valence-electron chi connectivity index (χ3n) is 5.23. The van der Waals surface area contributed by atoms with E-state index in [4.69, 9.17) is 11.6 Å². The highest BCUT2D eigenvalue weighted by Crippen LogP contribution is 2.37. The fourth-order valence-electron chi connectivity index (χ4n) is 4.05. The first-order chi connectivity index (χ1) is 13.3. The van der Waals surface area contributed by atoms with Crippen molar-refractivity contribution in [2.24, 2.45) is 5.92 Å². The maximum atomic E-state index is 12.9. The van der Waals surface area contributed by atoms with Gasteiger partial charge in [0.2, 0.25) is 0 Å². The van der Waals surface area contributed by atoms with Gasteiger partial charge < -0.3 is 5.32 Å². The lowest BCUT2D eigenvalue weighted by Gasteiger charge is -2.16. The van der Waals surface area contributed by atoms with Gasteiger partial charge in [-0.15, -0.1) is 0 Å². The van der Waals surface area contributed by atoms with E-state index in [9.17, 15) is 14.4 Å². The van der Waals surface area contributed by atoms with Crippen LogP contribution in [0.3, 0.4) is 0 Å². The van der Waals surface area contributed by atoms with Crippen LogP contribution in [-0.4, -0.2) is 29.0 Å². The van der Waals surface area contributed by atoms with E-state index in [1.54, 1.807) is 0 Å². The van der Waals surface area contributed by atoms with Crippen molar-refractivity contribution >= 4 is 29.1 Å². The predicted molar refractivity (Wildman–Crippen MR) is 108 cm³/mol. The Morgan fingerprint density at radius 1 is 1.14 bits per heavy atom. The van der Waals surface area contributed by atoms with Crippen molar-refractivity contribution in [2.45, 2.75) is 39.5 Å². The topological polar surface area (TPSA) is 76.1 Å². The number of hydrogen-bond donors (Lipinski definition) is 1. The Morgan fingerprint density at radius 3 is 2.46 bits per heavy atom. The monoisotopic (exact) mass is 398 g/mol. The van der Waals surface area contributed by atoms with Crippen LogP contribution in [0.1, 0.15) is 51.4 Å². The zero-order chi connectivity index (χ0) is 20.4. The van der Waals surface area contributed by atoms with Gasteiger partial charge >= 0.3 is 0 Å². The summed E-state index contributed by atoms with van der Waals surface area (Å²) in [6, 6.07) is 5.55. The number of aryl methyl sites for hydroxylation is 3. The molecule has 0 bridgehead atoms. The molecule has 1 aromatic heterocycles. The fraction of sp³-hybridized carbons (Fsp3) is 0.364. The number of hydrogen-bond acceptors (Lipinski definition) is 4. The molecule has 28 heavy (non-hydrogen) atoms. The number of Topliss-reactive ketones (excluding diaryl/α,β-unsaturated/α-hetero) is 2. The molecule has 3 rings (SSSR count). The molecule has 0 saturated heterocycles. The van der Waals surface area contributed by atoms with Gasteiger partial charge in [-0.25, -0.2) is 0 Å². The SMILES string of the molecule is Cc1cc(C)c(C2C(=O)CC(CCNC(=O)c3cncc(Cl)c3)C2=O)c(C)c1. The van der Waals surface area contributed by atoms with Crippen molar-refractivity contribution in [1.29, 1.82) is 0 Å². The highest BCUT2D eigenvalue weighted by molar-refractivity contribution is 6.30. The Kier molecular flexibility index (Phi) is 5.94. The molecule has 6 heteroatoms. The number of benzene rings is 1. The molecule has 1 amide bonds. The van der Waals surface area contributed by atoms with Gasteiger partial charge in [0.25, 0.3) is 5.91 Å². The number of aromatic nitrogens is 1. The zero-order valence-corrected chi connectivity index (χ0v) is 17.0. The van der Waals surface area contributed by atoms with Crippen LogP contribution >= 0.6 is 11.6 Å². The van der Waals surface area contributed by atoms with Crippen molar-refractivity contribution in [1.82, 2.24) is 10.3 Å². The van der Waals surface area contributed by atoms with Gasteiger partial charge in [-0.1, -0.05) is 29.3 Å². The summed E-state index contributed by atoms with van der Waals surface area (Å²) in [6.07, 6.45) is 3.55. The number of halogens is 1. The van der Waals surface area contributed by atoms with Crippen LogP contribution in [0.5, 0.6) is 0 Å². The van der Waals surface area contributed by atoms with Crippen LogP contribution in [0, 0.1) is 26.7 Å². The number of carbonyl (C=O) groups excluding carboxylic acids is 3. The molecule has 0 radical (unpaired) electrons. The molecule has 2 atom stereocenters. The van der Waals surface area contributed by atoms with E-state index >= 15 is 0 Å². The first-order valence-electron chi connectivity index (χ1n) is 9.31. The quantitative estimate of drug-likeness (QED) is 0.778. The van der Waals surface area contributed by atoms with Gasteiger partial charge in [0.15, 0.2) is 5.78 Å². The molecule has 1 saturated carbocycles. The average Bonchev–Trinajstić information content (AvgIpc) is 2.89. The first kappa shape index (κ1) is 20.2. The third kappa shape index (κ3) is 4.14. The summed E-state index contributed by atoms with van der Waals surface area (Å²) >= 11 is 5.85. The number of pyridine rings is 1. The minimum absolute atomic E-state index is 0.0320. The van der Waals surface area contributed by atoms with E-state index in [0.29, 0.717) is 23.6 Å². The fourth-order valence-corrected chi connectivity index (χ4v) is 4.22. The standard InChI is InChI=1S/C22H23ClN2O3/c1-12-6-13(2)19(14(3)7-12)20-18(26)9-15(21(20)27)4-5-25-22(28)16-8-17(23)11-24-10-16/h6-8,10-11,15,20H,4-5,9H2,1-3H3,(H,25,28). The predicted octanol–water partition coefficient (Wildman–Crippen LogP) is 3.72. The third-order valence-corrected chi connectivity index (χ3v) is 5.44. The molecule has 5 nitrogen and oxygen atoms in total. The minimum atomic E-state index is -0.682. The number of ketones is 2. The van der Waals surface area contributed by atoms with Gasteiger partial charge in [-0.05, 0) is 49.9 Å². The van der Waals surface area contributed by atoms with Crippen molar-refractivity contribution in [3.63, 3.8) is 0 Å². The largest absolute Gasteiger partial charge is 0.352 e. The van der Waals surface area contributed by atoms with E-state index in [0.717, 1.165) is 22.3 Å². The summed E-state index contributed by atoms with van der Waals surface area (Å²) in [5.74, 6) is -1.42. The summed E-state index contributed by atoms with van der Waals surface area (Å²) in [7, 11) is 0. The van der Waals surface area contributed by atoms with Crippen LogP contribution in [0.4, 0.5) is 0 Å². The summed E-state index contributed by atoms with van der Waals surface area (Å²) < 4.78 is 0. The Balaban J connectivity index is 1.65. The second kappa shape index (κ2) is 8.23. The average molecular weight is 399 g/mol. The second-order valence-electron chi connectivity index (χ2n) is 7.45. The normalized spacial score (nSPS) is 19.1. The molecule has 1 N–H and O–H groups in total. The molecule has 146 valence electrons. The minimum Gasteiger partial charge on any atom is -0.352 e. The van der Waals surface area contributed by atoms with Gasteiger partial charge in [-0.2, -0.15) is 0 Å². The van der Waals surface area contributed by atoms with E-state index in [-0.39, 0.29) is 29.8 Å². The van der Waals surface area contributed by atoms with Gasteiger partial charge in [-0.3, -0.25) is 19.4 Å². The van der Waals surface area contributed by atoms with E-state index < -0.39 is 5.92 Å². The molecule has 0 aliphatic heterocycles. The van der Waals surface area contributed by atoms with E-state index in [1.807, 2.05) is 32.9 Å². The van der Waals surface area contributed by atoms with Gasteiger partial charge in [0.05, 0.1) is 10.6 Å². The summed E-state index contributed by atoms with van der Waals surface area (Å²) in [6.45, 7) is 6.21. The maximum absolute atomic E-state index is 12.9. The van der Waals surface area contributed by atoms with Crippen LogP contribution in [0.2, 0.25) is 5.02 Å². The van der Waals surface area contributed by atoms with Crippen molar-refractivity contribution in [3.05, 3.63) is 63.4 Å². The molecule has 1 aliphatic rings. The van der Waals surface area contributed by atoms with Crippen molar-refractivity contribution in [2.75, 3.05) is 6.54 Å². The van der Waals surface area contributed by atoms with Crippen LogP contribution < -0.4 is 5.32 Å². The Bertz CT molecular complexity index is 932. The molecule has 1 aliphatic carbocycles. The van der Waals surface area contributed by atoms with Crippen LogP contribution in [0.25, 0.3) is 0 Å². The van der Waals surface area contributed by atoms with Gasteiger partial charge in [0.1, 0.15) is 11.7 Å². The van der Waals surface area contributed by atoms with E-state index in [1.165, 1.54) is 18.5 Å². The van der Waals surface area contributed by atoms with E-state index in [2.05, 4.69) is 10.3 Å². The number of carbonyl (C=O) groups is 3. The highest BCUT2D eigenvalue weighted by atomic mass is 35.5. The second-order valence-corrected chi connectivity index (χ2v) is 7.89. The summed E-state index contributed by atoms with van der Waals surface area (Å²) in [5.41, 5.74) is 4.28. The van der Waals surface area contributed by atoms with Gasteiger partial charge in [0, 0.05) is 31.3 Å². The summed E-state index contributed by atoms with van der Waals surface area (Å²) in [5, 5.41) is 3.16. The van der Waals surface area contributed by atoms with Crippen molar-refractivity contribution in [3.8, 4) is 0 Å². The lowest BCUT2D eigenvalue weighted by atomic mass is 9.86. The first-order valence-corrected chi connectivity index (χ1v) is 9.68. The zero-order valence-electron chi connectivity index (χ0n) is 16.2. The summed E-state index contributed by atoms with van der Waals surface area (Å²) in [4.78, 5) is 41.6. The number of nitrogens with zero attached hydrogens (tertiary/aromatic N) is 1. The Hall–Kier alpha value is -2.53. The molecule has 1 fully saturated rings. The lowest BCUT2D eigenvalue weighted by Crippen LogP contribution is -2.27. The van der Waals surface area contributed by atoms with Crippen molar-refractivity contribution < 1.29 is 14.4 Å². The molecule has 0 spiro atoms.